The summed E-state index contributed by atoms with van der Waals surface area (Å²) in [7, 11) is 0. The van der Waals surface area contributed by atoms with Crippen molar-refractivity contribution in [1.82, 2.24) is 9.97 Å². The first-order valence-corrected chi connectivity index (χ1v) is 12.5. The molecule has 0 N–H and O–H groups in total. The van der Waals surface area contributed by atoms with E-state index in [4.69, 9.17) is 9.97 Å². The maximum absolute atomic E-state index is 5.00. The Morgan fingerprint density at radius 1 is 0.879 bits per heavy atom. The second-order valence-electron chi connectivity index (χ2n) is 10.3. The fourth-order valence-corrected chi connectivity index (χ4v) is 5.45. The fraction of sp³-hybridized carbons (Fsp3) is 0.267. The summed E-state index contributed by atoms with van der Waals surface area (Å²) in [5, 5.41) is 4.71. The Morgan fingerprint density at radius 3 is 2.48 bits per heavy atom. The molecule has 3 heterocycles. The van der Waals surface area contributed by atoms with Crippen molar-refractivity contribution in [3.05, 3.63) is 83.4 Å². The van der Waals surface area contributed by atoms with Gasteiger partial charge in [-0.2, -0.15) is 0 Å². The van der Waals surface area contributed by atoms with Gasteiger partial charge < -0.3 is 0 Å². The Bertz CT molecular complexity index is 1450. The van der Waals surface area contributed by atoms with Crippen LogP contribution in [0.1, 0.15) is 45.7 Å². The first kappa shape index (κ1) is 21.8. The Hall–Kier alpha value is -3.04. The van der Waals surface area contributed by atoms with Crippen molar-refractivity contribution in [2.24, 2.45) is 5.92 Å². The minimum atomic E-state index is 0.0461. The van der Waals surface area contributed by atoms with Gasteiger partial charge in [0.15, 0.2) is 0 Å². The third-order valence-electron chi connectivity index (χ3n) is 6.14. The Kier molecular flexibility index (Phi) is 5.54. The first-order valence-electron chi connectivity index (χ1n) is 11.7. The maximum atomic E-state index is 5.00. The number of nitrogens with zero attached hydrogens (tertiary/aromatic N) is 2. The highest BCUT2D eigenvalue weighted by Crippen LogP contribution is 2.36. The second kappa shape index (κ2) is 8.39. The van der Waals surface area contributed by atoms with Crippen LogP contribution in [0.25, 0.3) is 43.5 Å². The zero-order valence-corrected chi connectivity index (χ0v) is 20.8. The van der Waals surface area contributed by atoms with E-state index in [9.17, 15) is 0 Å². The van der Waals surface area contributed by atoms with Crippen LogP contribution in [0.15, 0.2) is 72.2 Å². The van der Waals surface area contributed by atoms with Crippen LogP contribution in [0.3, 0.4) is 0 Å². The molecule has 3 aromatic heterocycles. The predicted octanol–water partition coefficient (Wildman–Crippen LogP) is 8.67. The van der Waals surface area contributed by atoms with Gasteiger partial charge in [-0.25, -0.2) is 4.98 Å². The zero-order chi connectivity index (χ0) is 23.2. The summed E-state index contributed by atoms with van der Waals surface area (Å²) in [4.78, 5) is 9.76. The smallest absolute Gasteiger partial charge is 0.0820 e. The van der Waals surface area contributed by atoms with Crippen molar-refractivity contribution in [1.29, 1.82) is 0 Å². The summed E-state index contributed by atoms with van der Waals surface area (Å²) in [6.07, 6.45) is 2.97. The number of hydrogen-bond donors (Lipinski definition) is 0. The van der Waals surface area contributed by atoms with E-state index in [1.807, 2.05) is 6.20 Å². The molecule has 5 aromatic rings. The lowest BCUT2D eigenvalue weighted by Crippen LogP contribution is -2.12. The SMILES string of the molecule is CC(C)Cc1cc(-c2ccnc(-c3cc(C(C)(C)C)c4ccccc4c3)c2)nc2ccsc12. The summed E-state index contributed by atoms with van der Waals surface area (Å²) in [5.74, 6) is 0.604. The second-order valence-corrected chi connectivity index (χ2v) is 11.2. The van der Waals surface area contributed by atoms with Gasteiger partial charge in [-0.1, -0.05) is 58.9 Å². The molecule has 0 amide bonds. The number of aromatic nitrogens is 2. The number of rotatable bonds is 4. The molecule has 0 aliphatic carbocycles. The van der Waals surface area contributed by atoms with Gasteiger partial charge in [0.05, 0.1) is 21.6 Å². The van der Waals surface area contributed by atoms with E-state index in [0.717, 1.165) is 34.5 Å². The average molecular weight is 451 g/mol. The van der Waals surface area contributed by atoms with Crippen molar-refractivity contribution in [3.8, 4) is 22.5 Å². The summed E-state index contributed by atoms with van der Waals surface area (Å²) in [6, 6.07) is 21.9. The van der Waals surface area contributed by atoms with E-state index in [1.54, 1.807) is 11.3 Å². The molecule has 0 atom stereocenters. The zero-order valence-electron chi connectivity index (χ0n) is 20.0. The summed E-state index contributed by atoms with van der Waals surface area (Å²) < 4.78 is 1.31. The van der Waals surface area contributed by atoms with Crippen LogP contribution < -0.4 is 0 Å². The van der Waals surface area contributed by atoms with Gasteiger partial charge >= 0.3 is 0 Å². The third kappa shape index (κ3) is 4.30. The third-order valence-corrected chi connectivity index (χ3v) is 7.12. The van der Waals surface area contributed by atoms with Crippen LogP contribution in [0.2, 0.25) is 0 Å². The molecule has 3 heteroatoms. The molecule has 0 fully saturated rings. The van der Waals surface area contributed by atoms with E-state index in [-0.39, 0.29) is 5.41 Å². The molecule has 0 aliphatic heterocycles. The summed E-state index contributed by atoms with van der Waals surface area (Å²) in [5.41, 5.74) is 8.15. The Morgan fingerprint density at radius 2 is 1.70 bits per heavy atom. The lowest BCUT2D eigenvalue weighted by Gasteiger charge is -2.22. The number of thiophene rings is 1. The molecule has 0 unspecified atom stereocenters. The van der Waals surface area contributed by atoms with E-state index >= 15 is 0 Å². The minimum Gasteiger partial charge on any atom is -0.256 e. The van der Waals surface area contributed by atoms with Gasteiger partial charge in [0, 0.05) is 17.3 Å². The number of fused-ring (bicyclic) bond motifs is 2. The molecule has 0 radical (unpaired) electrons. The van der Waals surface area contributed by atoms with Crippen LogP contribution in [-0.2, 0) is 11.8 Å². The molecular formula is C30H30N2S. The molecule has 2 nitrogen and oxygen atoms in total. The maximum Gasteiger partial charge on any atom is 0.0820 e. The lowest BCUT2D eigenvalue weighted by molar-refractivity contribution is 0.596. The predicted molar refractivity (Wildman–Crippen MR) is 143 cm³/mol. The monoisotopic (exact) mass is 450 g/mol. The molecule has 5 rings (SSSR count). The molecule has 0 saturated heterocycles. The molecule has 0 bridgehead atoms. The van der Waals surface area contributed by atoms with Crippen LogP contribution in [0, 0.1) is 5.92 Å². The molecule has 0 saturated carbocycles. The highest BCUT2D eigenvalue weighted by Gasteiger charge is 2.19. The van der Waals surface area contributed by atoms with Gasteiger partial charge in [-0.15, -0.1) is 11.3 Å². The van der Waals surface area contributed by atoms with Crippen LogP contribution in [-0.4, -0.2) is 9.97 Å². The molecule has 0 spiro atoms. The van der Waals surface area contributed by atoms with Crippen LogP contribution in [0.5, 0.6) is 0 Å². The number of hydrogen-bond acceptors (Lipinski definition) is 3. The van der Waals surface area contributed by atoms with Crippen molar-refractivity contribution in [3.63, 3.8) is 0 Å². The van der Waals surface area contributed by atoms with E-state index < -0.39 is 0 Å². The quantitative estimate of drug-likeness (QED) is 0.274. The lowest BCUT2D eigenvalue weighted by atomic mass is 9.82. The van der Waals surface area contributed by atoms with E-state index in [0.29, 0.717) is 5.92 Å². The highest BCUT2D eigenvalue weighted by atomic mass is 32.1. The summed E-state index contributed by atoms with van der Waals surface area (Å²) >= 11 is 1.79. The van der Waals surface area contributed by atoms with Crippen molar-refractivity contribution < 1.29 is 0 Å². The van der Waals surface area contributed by atoms with Gasteiger partial charge in [0.2, 0.25) is 0 Å². The van der Waals surface area contributed by atoms with Gasteiger partial charge in [0.1, 0.15) is 0 Å². The number of pyridine rings is 2. The Balaban J connectivity index is 1.65. The normalized spacial score (nSPS) is 12.2. The Labute approximate surface area is 200 Å². The first-order chi connectivity index (χ1) is 15.8. The van der Waals surface area contributed by atoms with E-state index in [2.05, 4.69) is 101 Å². The highest BCUT2D eigenvalue weighted by molar-refractivity contribution is 7.17. The van der Waals surface area contributed by atoms with Crippen molar-refractivity contribution in [2.45, 2.75) is 46.5 Å². The molecule has 166 valence electrons. The standard InChI is InChI=1S/C30H30N2S/c1-19(2)14-23-18-28(32-26-11-13-33-29(23)26)21-10-12-31-27(17-21)22-15-20-8-6-7-9-24(20)25(16-22)30(3,4)5/h6-13,15-19H,14H2,1-5H3. The minimum absolute atomic E-state index is 0.0461. The van der Waals surface area contributed by atoms with Crippen LogP contribution in [0.4, 0.5) is 0 Å². The summed E-state index contributed by atoms with van der Waals surface area (Å²) in [6.45, 7) is 11.4. The molecule has 33 heavy (non-hydrogen) atoms. The molecular weight excluding hydrogens is 420 g/mol. The molecule has 2 aromatic carbocycles. The van der Waals surface area contributed by atoms with Crippen molar-refractivity contribution in [2.75, 3.05) is 0 Å². The van der Waals surface area contributed by atoms with Crippen LogP contribution >= 0.6 is 11.3 Å². The fourth-order valence-electron chi connectivity index (χ4n) is 4.59. The number of benzene rings is 2. The average Bonchev–Trinajstić information content (AvgIpc) is 3.26. The molecule has 0 aliphatic rings. The largest absolute Gasteiger partial charge is 0.256 e. The van der Waals surface area contributed by atoms with Crippen molar-refractivity contribution >= 4 is 32.3 Å². The van der Waals surface area contributed by atoms with E-state index in [1.165, 1.54) is 26.6 Å². The van der Waals surface area contributed by atoms with Gasteiger partial charge in [-0.05, 0) is 81.4 Å². The van der Waals surface area contributed by atoms with Gasteiger partial charge in [0.25, 0.3) is 0 Å². The topological polar surface area (TPSA) is 25.8 Å². The van der Waals surface area contributed by atoms with Gasteiger partial charge in [-0.3, -0.25) is 4.98 Å².